The first-order valence-electron chi connectivity index (χ1n) is 8.06. The van der Waals surface area contributed by atoms with E-state index in [0.29, 0.717) is 12.8 Å². The zero-order valence-corrected chi connectivity index (χ0v) is 13.2. The Labute approximate surface area is 128 Å². The predicted octanol–water partition coefficient (Wildman–Crippen LogP) is 3.54. The molecule has 1 saturated heterocycles. The fourth-order valence-corrected chi connectivity index (χ4v) is 3.26. The zero-order chi connectivity index (χ0) is 15.3. The maximum Gasteiger partial charge on any atom is 0.314 e. The molecule has 1 fully saturated rings. The highest BCUT2D eigenvalue weighted by Crippen LogP contribution is 2.35. The maximum atomic E-state index is 11.9. The molecule has 0 aromatic heterocycles. The number of carboxylic acid groups (broad SMARTS) is 1. The van der Waals surface area contributed by atoms with Crippen LogP contribution < -0.4 is 0 Å². The number of likely N-dealkylation sites (tertiary alicyclic amines) is 1. The van der Waals surface area contributed by atoms with Crippen LogP contribution in [0.15, 0.2) is 30.3 Å². The standard InChI is InChI=1S/C18H27NO2/c1-15(2)7-6-12-19-13-10-18(11-14-19,17(20)21)16-8-4-3-5-9-16/h3-5,8-9,15H,6-7,10-14H2,1-2H3,(H,20,21). The number of benzene rings is 1. The fraction of sp³-hybridized carbons (Fsp3) is 0.611. The van der Waals surface area contributed by atoms with Crippen molar-refractivity contribution in [3.8, 4) is 0 Å². The van der Waals surface area contributed by atoms with Crippen LogP contribution in [0.25, 0.3) is 0 Å². The minimum absolute atomic E-state index is 0.671. The maximum absolute atomic E-state index is 11.9. The van der Waals surface area contributed by atoms with E-state index in [1.54, 1.807) is 0 Å². The van der Waals surface area contributed by atoms with Gasteiger partial charge in [0, 0.05) is 0 Å². The normalized spacial score (nSPS) is 18.8. The zero-order valence-electron chi connectivity index (χ0n) is 13.2. The van der Waals surface area contributed by atoms with Gasteiger partial charge in [0.25, 0.3) is 0 Å². The molecule has 1 aromatic carbocycles. The number of carbonyl (C=O) groups is 1. The Bertz CT molecular complexity index is 448. The van der Waals surface area contributed by atoms with Crippen LogP contribution in [0, 0.1) is 5.92 Å². The first kappa shape index (κ1) is 16.0. The van der Waals surface area contributed by atoms with E-state index in [-0.39, 0.29) is 0 Å². The van der Waals surface area contributed by atoms with Gasteiger partial charge in [-0.05, 0) is 56.8 Å². The molecule has 2 rings (SSSR count). The van der Waals surface area contributed by atoms with Crippen LogP contribution in [-0.2, 0) is 10.2 Å². The van der Waals surface area contributed by atoms with Crippen LogP contribution >= 0.6 is 0 Å². The van der Waals surface area contributed by atoms with Crippen LogP contribution in [0.3, 0.4) is 0 Å². The molecule has 1 aromatic rings. The number of aliphatic carboxylic acids is 1. The van der Waals surface area contributed by atoms with Crippen LogP contribution in [0.2, 0.25) is 0 Å². The fourth-order valence-electron chi connectivity index (χ4n) is 3.26. The monoisotopic (exact) mass is 289 g/mol. The molecule has 21 heavy (non-hydrogen) atoms. The van der Waals surface area contributed by atoms with E-state index in [1.807, 2.05) is 30.3 Å². The van der Waals surface area contributed by atoms with Crippen LogP contribution in [0.5, 0.6) is 0 Å². The predicted molar refractivity (Wildman–Crippen MR) is 85.5 cm³/mol. The van der Waals surface area contributed by atoms with E-state index in [1.165, 1.54) is 12.8 Å². The first-order valence-corrected chi connectivity index (χ1v) is 8.06. The second-order valence-electron chi connectivity index (χ2n) is 6.63. The molecule has 0 atom stereocenters. The highest BCUT2D eigenvalue weighted by atomic mass is 16.4. The summed E-state index contributed by atoms with van der Waals surface area (Å²) in [4.78, 5) is 14.3. The highest BCUT2D eigenvalue weighted by molar-refractivity contribution is 5.81. The summed E-state index contributed by atoms with van der Waals surface area (Å²) in [6.45, 7) is 7.38. The Morgan fingerprint density at radius 1 is 1.24 bits per heavy atom. The smallest absolute Gasteiger partial charge is 0.314 e. The SMILES string of the molecule is CC(C)CCCN1CCC(C(=O)O)(c2ccccc2)CC1. The lowest BCUT2D eigenvalue weighted by molar-refractivity contribution is -0.146. The summed E-state index contributed by atoms with van der Waals surface area (Å²) in [6, 6.07) is 9.75. The molecule has 0 aliphatic carbocycles. The van der Waals surface area contributed by atoms with E-state index in [2.05, 4.69) is 18.7 Å². The lowest BCUT2D eigenvalue weighted by atomic mass is 9.73. The van der Waals surface area contributed by atoms with Gasteiger partial charge in [-0.15, -0.1) is 0 Å². The van der Waals surface area contributed by atoms with Crippen LogP contribution in [0.1, 0.15) is 45.1 Å². The molecule has 116 valence electrons. The molecule has 1 aliphatic rings. The summed E-state index contributed by atoms with van der Waals surface area (Å²) < 4.78 is 0. The molecule has 1 N–H and O–H groups in total. The number of rotatable bonds is 6. The van der Waals surface area contributed by atoms with Crippen molar-refractivity contribution in [2.24, 2.45) is 5.92 Å². The van der Waals surface area contributed by atoms with Crippen molar-refractivity contribution in [2.75, 3.05) is 19.6 Å². The van der Waals surface area contributed by atoms with Crippen LogP contribution in [-0.4, -0.2) is 35.6 Å². The van der Waals surface area contributed by atoms with Gasteiger partial charge in [0.15, 0.2) is 0 Å². The van der Waals surface area contributed by atoms with E-state index in [9.17, 15) is 9.90 Å². The highest BCUT2D eigenvalue weighted by Gasteiger charge is 2.42. The molecular weight excluding hydrogens is 262 g/mol. The van der Waals surface area contributed by atoms with Gasteiger partial charge >= 0.3 is 5.97 Å². The summed E-state index contributed by atoms with van der Waals surface area (Å²) in [5.74, 6) is 0.0766. The number of nitrogens with zero attached hydrogens (tertiary/aromatic N) is 1. The second kappa shape index (κ2) is 7.08. The second-order valence-corrected chi connectivity index (χ2v) is 6.63. The van der Waals surface area contributed by atoms with E-state index < -0.39 is 11.4 Å². The van der Waals surface area contributed by atoms with Gasteiger partial charge in [-0.2, -0.15) is 0 Å². The van der Waals surface area contributed by atoms with Crippen molar-refractivity contribution in [1.82, 2.24) is 4.90 Å². The average molecular weight is 289 g/mol. The molecule has 0 unspecified atom stereocenters. The summed E-state index contributed by atoms with van der Waals surface area (Å²) >= 11 is 0. The minimum Gasteiger partial charge on any atom is -0.481 e. The van der Waals surface area contributed by atoms with Gasteiger partial charge in [-0.3, -0.25) is 4.79 Å². The summed E-state index contributed by atoms with van der Waals surface area (Å²) in [5, 5.41) is 9.76. The molecule has 1 heterocycles. The molecule has 0 radical (unpaired) electrons. The largest absolute Gasteiger partial charge is 0.481 e. The van der Waals surface area contributed by atoms with E-state index in [0.717, 1.165) is 31.1 Å². The molecule has 3 heteroatoms. The van der Waals surface area contributed by atoms with Crippen molar-refractivity contribution < 1.29 is 9.90 Å². The van der Waals surface area contributed by atoms with Gasteiger partial charge in [0.05, 0.1) is 5.41 Å². The third-order valence-corrected chi connectivity index (χ3v) is 4.70. The van der Waals surface area contributed by atoms with Gasteiger partial charge in [0.1, 0.15) is 0 Å². The van der Waals surface area contributed by atoms with Gasteiger partial charge in [-0.25, -0.2) is 0 Å². The third-order valence-electron chi connectivity index (χ3n) is 4.70. The third kappa shape index (κ3) is 3.85. The average Bonchev–Trinajstić information content (AvgIpc) is 2.48. The molecule has 0 spiro atoms. The minimum atomic E-state index is -0.685. The van der Waals surface area contributed by atoms with Crippen molar-refractivity contribution in [3.05, 3.63) is 35.9 Å². The molecule has 0 amide bonds. The Morgan fingerprint density at radius 3 is 2.38 bits per heavy atom. The first-order chi connectivity index (χ1) is 10.0. The summed E-state index contributed by atoms with van der Waals surface area (Å²) in [7, 11) is 0. The summed E-state index contributed by atoms with van der Waals surface area (Å²) in [5.41, 5.74) is 0.273. The van der Waals surface area contributed by atoms with Crippen molar-refractivity contribution in [2.45, 2.75) is 44.9 Å². The van der Waals surface area contributed by atoms with Crippen molar-refractivity contribution >= 4 is 5.97 Å². The lowest BCUT2D eigenvalue weighted by Crippen LogP contribution is -2.47. The van der Waals surface area contributed by atoms with Crippen molar-refractivity contribution in [3.63, 3.8) is 0 Å². The molecule has 1 aliphatic heterocycles. The van der Waals surface area contributed by atoms with Crippen LogP contribution in [0.4, 0.5) is 0 Å². The molecule has 0 saturated carbocycles. The molecular formula is C18H27NO2. The number of carboxylic acids is 1. The van der Waals surface area contributed by atoms with E-state index >= 15 is 0 Å². The summed E-state index contributed by atoms with van der Waals surface area (Å²) in [6.07, 6.45) is 3.89. The molecule has 3 nitrogen and oxygen atoms in total. The Balaban J connectivity index is 1.97. The van der Waals surface area contributed by atoms with E-state index in [4.69, 9.17) is 0 Å². The number of piperidine rings is 1. The topological polar surface area (TPSA) is 40.5 Å². The van der Waals surface area contributed by atoms with Gasteiger partial charge in [-0.1, -0.05) is 44.2 Å². The Kier molecular flexibility index (Phi) is 5.40. The quantitative estimate of drug-likeness (QED) is 0.870. The Morgan fingerprint density at radius 2 is 1.86 bits per heavy atom. The van der Waals surface area contributed by atoms with Crippen molar-refractivity contribution in [1.29, 1.82) is 0 Å². The van der Waals surface area contributed by atoms with Gasteiger partial charge < -0.3 is 10.0 Å². The number of hydrogen-bond donors (Lipinski definition) is 1. The lowest BCUT2D eigenvalue weighted by Gasteiger charge is -2.39. The molecule has 0 bridgehead atoms. The number of hydrogen-bond acceptors (Lipinski definition) is 2. The Hall–Kier alpha value is -1.35. The van der Waals surface area contributed by atoms with Gasteiger partial charge in [0.2, 0.25) is 0 Å².